The minimum absolute atomic E-state index is 0.0907. The monoisotopic (exact) mass is 465 g/mol. The molecule has 1 heterocycles. The molecule has 8 nitrogen and oxygen atoms in total. The third-order valence-corrected chi connectivity index (χ3v) is 14.6. The molecule has 10 heteroatoms. The lowest BCUT2D eigenvalue weighted by Crippen LogP contribution is -2.63. The van der Waals surface area contributed by atoms with Gasteiger partial charge in [-0.3, -0.25) is 9.88 Å². The van der Waals surface area contributed by atoms with E-state index in [9.17, 15) is 9.59 Å². The first-order valence-electron chi connectivity index (χ1n) is 10.5. The number of hydrogen-bond acceptors (Lipinski definition) is 8. The molecule has 0 aliphatic carbocycles. The zero-order valence-electron chi connectivity index (χ0n) is 20.8. The van der Waals surface area contributed by atoms with Crippen LogP contribution in [0.4, 0.5) is 0 Å². The fourth-order valence-electron chi connectivity index (χ4n) is 3.73. The average molecular weight is 466 g/mol. The lowest BCUT2D eigenvalue weighted by Gasteiger charge is -2.62. The Bertz CT molecular complexity index is 670. The number of hydrogen-bond donors (Lipinski definition) is 2. The molecule has 1 aliphatic rings. The van der Waals surface area contributed by atoms with Crippen LogP contribution in [0.25, 0.3) is 0 Å². The van der Waals surface area contributed by atoms with Gasteiger partial charge in [0.15, 0.2) is 7.34 Å². The highest BCUT2D eigenvalue weighted by Crippen LogP contribution is 2.84. The fourth-order valence-corrected chi connectivity index (χ4v) is 14.2. The molecule has 176 valence electrons. The van der Waals surface area contributed by atoms with Gasteiger partial charge in [0.05, 0.1) is 37.0 Å². The van der Waals surface area contributed by atoms with E-state index in [2.05, 4.69) is 88.3 Å². The first-order valence-corrected chi connectivity index (χ1v) is 13.6. The van der Waals surface area contributed by atoms with Gasteiger partial charge in [-0.25, -0.2) is 4.79 Å². The molecule has 30 heavy (non-hydrogen) atoms. The van der Waals surface area contributed by atoms with Gasteiger partial charge < -0.3 is 9.47 Å². The standard InChI is InChI=1S/C20H42N4O4P2/c1-14(2)21-29-23(19(5,6)7)30(22-15(3)4,24(29)20(8,9)10)16(18(26)28-12)13-17(25)27-11/h14-15,21-22H,13H2,1-12H3/p+1. The predicted octanol–water partition coefficient (Wildman–Crippen LogP) is 3.83. The van der Waals surface area contributed by atoms with E-state index < -0.39 is 27.7 Å². The second-order valence-electron chi connectivity index (χ2n) is 10.2. The van der Waals surface area contributed by atoms with Gasteiger partial charge in [0.25, 0.3) is 0 Å². The fraction of sp³-hybridized carbons (Fsp3) is 0.850. The number of rotatable bonds is 7. The summed E-state index contributed by atoms with van der Waals surface area (Å²) < 4.78 is 15.0. The summed E-state index contributed by atoms with van der Waals surface area (Å²) in [4.78, 5) is 25.5. The molecule has 0 aromatic carbocycles. The smallest absolute Gasteiger partial charge is 0.338 e. The van der Waals surface area contributed by atoms with Crippen LogP contribution >= 0.6 is 15.7 Å². The van der Waals surface area contributed by atoms with Crippen LogP contribution in [0.5, 0.6) is 0 Å². The molecule has 1 fully saturated rings. The summed E-state index contributed by atoms with van der Waals surface area (Å²) in [5.74, 6) is -0.906. The Morgan fingerprint density at radius 1 is 0.900 bits per heavy atom. The molecule has 1 aliphatic heterocycles. The van der Waals surface area contributed by atoms with Crippen LogP contribution in [-0.2, 0) is 19.1 Å². The van der Waals surface area contributed by atoms with Gasteiger partial charge >= 0.3 is 11.9 Å². The molecule has 0 radical (unpaired) electrons. The van der Waals surface area contributed by atoms with Crippen molar-refractivity contribution < 1.29 is 19.1 Å². The van der Waals surface area contributed by atoms with Crippen LogP contribution in [0, 0.1) is 0 Å². The maximum atomic E-state index is 13.1. The SMILES string of the molecule is COC(=O)CC(C(=O)OC)=P1(NC(C)C)N(C(C)(C)C)[PH+](NC(C)C)N1C(C)(C)C. The van der Waals surface area contributed by atoms with Crippen molar-refractivity contribution in [1.29, 1.82) is 0 Å². The molecule has 0 unspecified atom stereocenters. The largest absolute Gasteiger partial charge is 0.469 e. The van der Waals surface area contributed by atoms with Crippen LogP contribution in [0.2, 0.25) is 0 Å². The molecular formula is C20H43N4O4P2+. The Kier molecular flexibility index (Phi) is 9.16. The number of carbonyl (C=O) groups excluding carboxylic acids is 2. The van der Waals surface area contributed by atoms with Gasteiger partial charge in [0, 0.05) is 12.1 Å². The summed E-state index contributed by atoms with van der Waals surface area (Å²) in [6, 6.07) is 0.366. The van der Waals surface area contributed by atoms with E-state index in [0.29, 0.717) is 5.29 Å². The quantitative estimate of drug-likeness (QED) is 0.434. The van der Waals surface area contributed by atoms with E-state index in [-0.39, 0.29) is 29.6 Å². The topological polar surface area (TPSA) is 83.1 Å². The van der Waals surface area contributed by atoms with Crippen LogP contribution in [-0.4, -0.2) is 63.5 Å². The van der Waals surface area contributed by atoms with Gasteiger partial charge in [-0.05, 0) is 69.2 Å². The van der Waals surface area contributed by atoms with Gasteiger partial charge in [-0.1, -0.05) is 8.88 Å². The van der Waals surface area contributed by atoms with Crippen LogP contribution < -0.4 is 10.2 Å². The Morgan fingerprint density at radius 2 is 1.37 bits per heavy atom. The molecule has 0 aromatic heterocycles. The zero-order valence-corrected chi connectivity index (χ0v) is 22.7. The summed E-state index contributed by atoms with van der Waals surface area (Å²) in [5.41, 5.74) is -0.494. The molecular weight excluding hydrogens is 422 g/mol. The van der Waals surface area contributed by atoms with E-state index in [0.717, 1.165) is 0 Å². The molecule has 2 N–H and O–H groups in total. The van der Waals surface area contributed by atoms with Crippen molar-refractivity contribution in [2.45, 2.75) is 98.8 Å². The van der Waals surface area contributed by atoms with Crippen molar-refractivity contribution >= 4 is 32.9 Å². The number of ether oxygens (including phenoxy) is 2. The van der Waals surface area contributed by atoms with Crippen LogP contribution in [0.1, 0.15) is 75.7 Å². The predicted molar refractivity (Wildman–Crippen MR) is 129 cm³/mol. The van der Waals surface area contributed by atoms with Gasteiger partial charge in [0.1, 0.15) is 0 Å². The van der Waals surface area contributed by atoms with Crippen LogP contribution in [0.3, 0.4) is 0 Å². The zero-order chi connectivity index (χ0) is 23.7. The number of methoxy groups -OCH3 is 2. The van der Waals surface area contributed by atoms with Gasteiger partial charge in [-0.2, -0.15) is 5.09 Å². The van der Waals surface area contributed by atoms with Crippen molar-refractivity contribution in [2.24, 2.45) is 0 Å². The minimum atomic E-state index is -2.61. The normalized spacial score (nSPS) is 23.5. The van der Waals surface area contributed by atoms with E-state index >= 15 is 0 Å². The summed E-state index contributed by atoms with van der Waals surface area (Å²) in [7, 11) is -1.29. The van der Waals surface area contributed by atoms with Crippen molar-refractivity contribution in [2.75, 3.05) is 14.2 Å². The van der Waals surface area contributed by atoms with Crippen molar-refractivity contribution in [3.05, 3.63) is 0 Å². The van der Waals surface area contributed by atoms with Gasteiger partial charge in [0.2, 0.25) is 8.37 Å². The Hall–Kier alpha value is -0.490. The lowest BCUT2D eigenvalue weighted by molar-refractivity contribution is -0.140. The highest BCUT2D eigenvalue weighted by molar-refractivity contribution is 7.91. The van der Waals surface area contributed by atoms with Gasteiger partial charge in [-0.15, -0.1) is 0 Å². The van der Waals surface area contributed by atoms with Crippen molar-refractivity contribution in [3.63, 3.8) is 0 Å². The summed E-state index contributed by atoms with van der Waals surface area (Å²) in [5, 5.41) is 7.97. The summed E-state index contributed by atoms with van der Waals surface area (Å²) in [6.45, 7) is 21.3. The Balaban J connectivity index is 4.05. The molecule has 0 spiro atoms. The van der Waals surface area contributed by atoms with E-state index in [1.807, 2.05) is 0 Å². The first-order chi connectivity index (χ1) is 13.5. The highest BCUT2D eigenvalue weighted by Gasteiger charge is 2.69. The molecule has 0 amide bonds. The first kappa shape index (κ1) is 27.5. The van der Waals surface area contributed by atoms with Crippen molar-refractivity contribution in [1.82, 2.24) is 19.1 Å². The van der Waals surface area contributed by atoms with Crippen molar-refractivity contribution in [3.8, 4) is 0 Å². The molecule has 0 atom stereocenters. The average Bonchev–Trinajstić information content (AvgIpc) is 2.53. The lowest BCUT2D eigenvalue weighted by atomic mass is 10.1. The Morgan fingerprint density at radius 3 is 1.67 bits per heavy atom. The molecule has 0 aromatic rings. The summed E-state index contributed by atoms with van der Waals surface area (Å²) >= 11 is 0. The molecule has 1 rings (SSSR count). The number of nitrogens with one attached hydrogen (secondary N) is 2. The third-order valence-electron chi connectivity index (χ3n) is 4.44. The van der Waals surface area contributed by atoms with Crippen LogP contribution in [0.15, 0.2) is 0 Å². The molecule has 1 saturated heterocycles. The molecule has 0 saturated carbocycles. The van der Waals surface area contributed by atoms with E-state index in [1.54, 1.807) is 0 Å². The minimum Gasteiger partial charge on any atom is -0.469 e. The number of nitrogens with zero attached hydrogens (tertiary/aromatic N) is 2. The third kappa shape index (κ3) is 5.65. The molecule has 0 bridgehead atoms. The number of esters is 2. The number of carbonyl (C=O) groups is 2. The maximum Gasteiger partial charge on any atom is 0.338 e. The summed E-state index contributed by atoms with van der Waals surface area (Å²) in [6.07, 6.45) is -0.105. The van der Waals surface area contributed by atoms with E-state index in [1.165, 1.54) is 14.2 Å². The van der Waals surface area contributed by atoms with E-state index in [4.69, 9.17) is 9.47 Å². The maximum absolute atomic E-state index is 13.1. The highest BCUT2D eigenvalue weighted by atomic mass is 31.3. The second-order valence-corrected chi connectivity index (χ2v) is 15.5. The Labute approximate surface area is 184 Å². The second kappa shape index (κ2) is 9.97.